The monoisotopic (exact) mass is 371 g/mol. The number of aryl methyl sites for hydroxylation is 1. The molecule has 6 heteroatoms. The van der Waals surface area contributed by atoms with Crippen molar-refractivity contribution in [3.63, 3.8) is 0 Å². The van der Waals surface area contributed by atoms with E-state index in [9.17, 15) is 4.79 Å². The quantitative estimate of drug-likeness (QED) is 0.567. The van der Waals surface area contributed by atoms with E-state index in [0.29, 0.717) is 28.7 Å². The molecule has 0 bridgehead atoms. The van der Waals surface area contributed by atoms with Gasteiger partial charge in [0, 0.05) is 11.1 Å². The van der Waals surface area contributed by atoms with Crippen molar-refractivity contribution in [1.29, 1.82) is 0 Å². The summed E-state index contributed by atoms with van der Waals surface area (Å²) in [5.41, 5.74) is 2.64. The fraction of sp³-hybridized carbons (Fsp3) is 0.200. The van der Waals surface area contributed by atoms with Gasteiger partial charge in [-0.2, -0.15) is 0 Å². The molecule has 0 saturated heterocycles. The van der Waals surface area contributed by atoms with Crippen molar-refractivity contribution < 1.29 is 18.8 Å². The average molecular weight is 372 g/mol. The van der Waals surface area contributed by atoms with Crippen molar-refractivity contribution in [3.05, 3.63) is 70.4 Å². The molecule has 0 saturated carbocycles. The predicted molar refractivity (Wildman–Crippen MR) is 98.4 cm³/mol. The number of carbonyl (C=O) groups excluding carboxylic acids is 1. The van der Waals surface area contributed by atoms with Gasteiger partial charge in [-0.3, -0.25) is 0 Å². The third-order valence-electron chi connectivity index (χ3n) is 3.76. The van der Waals surface area contributed by atoms with Crippen molar-refractivity contribution >= 4 is 17.6 Å². The van der Waals surface area contributed by atoms with Crippen LogP contribution in [0.25, 0.3) is 11.3 Å². The number of esters is 1. The summed E-state index contributed by atoms with van der Waals surface area (Å²) in [7, 11) is 0. The lowest BCUT2D eigenvalue weighted by Crippen LogP contribution is -2.04. The van der Waals surface area contributed by atoms with Gasteiger partial charge >= 0.3 is 5.97 Å². The average Bonchev–Trinajstić information content (AvgIpc) is 3.13. The zero-order chi connectivity index (χ0) is 18.5. The van der Waals surface area contributed by atoms with Gasteiger partial charge in [-0.1, -0.05) is 47.1 Å². The molecule has 134 valence electrons. The molecule has 26 heavy (non-hydrogen) atoms. The van der Waals surface area contributed by atoms with Crippen LogP contribution in [0.5, 0.6) is 5.75 Å². The maximum absolute atomic E-state index is 11.8. The minimum Gasteiger partial charge on any atom is -0.488 e. The second kappa shape index (κ2) is 8.06. The smallest absolute Gasteiger partial charge is 0.360 e. The Hall–Kier alpha value is -2.79. The molecule has 3 aromatic rings. The molecule has 0 aliphatic carbocycles. The number of halogens is 1. The molecule has 0 aliphatic rings. The lowest BCUT2D eigenvalue weighted by molar-refractivity contribution is 0.0514. The number of rotatable bonds is 6. The topological polar surface area (TPSA) is 61.6 Å². The normalized spacial score (nSPS) is 10.6. The van der Waals surface area contributed by atoms with Crippen LogP contribution < -0.4 is 4.74 Å². The van der Waals surface area contributed by atoms with Gasteiger partial charge in [-0.15, -0.1) is 0 Å². The molecule has 0 aliphatic heterocycles. The van der Waals surface area contributed by atoms with E-state index in [0.717, 1.165) is 11.1 Å². The largest absolute Gasteiger partial charge is 0.488 e. The van der Waals surface area contributed by atoms with Gasteiger partial charge in [0.15, 0.2) is 11.5 Å². The van der Waals surface area contributed by atoms with Crippen LogP contribution >= 0.6 is 11.6 Å². The Balaban J connectivity index is 1.90. The number of hydrogen-bond acceptors (Lipinski definition) is 5. The molecule has 0 unspecified atom stereocenters. The lowest BCUT2D eigenvalue weighted by Gasteiger charge is -2.12. The highest BCUT2D eigenvalue weighted by molar-refractivity contribution is 6.31. The minimum atomic E-state index is -0.535. The minimum absolute atomic E-state index is 0.104. The van der Waals surface area contributed by atoms with Crippen molar-refractivity contribution in [2.75, 3.05) is 6.61 Å². The van der Waals surface area contributed by atoms with Gasteiger partial charge in [0.05, 0.1) is 12.2 Å². The zero-order valence-electron chi connectivity index (χ0n) is 14.5. The van der Waals surface area contributed by atoms with Crippen LogP contribution in [0.15, 0.2) is 53.1 Å². The van der Waals surface area contributed by atoms with Crippen LogP contribution in [0.3, 0.4) is 0 Å². The molecule has 2 aromatic carbocycles. The first-order chi connectivity index (χ1) is 12.6. The first-order valence-electron chi connectivity index (χ1n) is 8.19. The summed E-state index contributed by atoms with van der Waals surface area (Å²) in [5, 5.41) is 4.34. The van der Waals surface area contributed by atoms with Gasteiger partial charge in [0.1, 0.15) is 12.4 Å². The van der Waals surface area contributed by atoms with E-state index < -0.39 is 5.97 Å². The summed E-state index contributed by atoms with van der Waals surface area (Å²) in [6.45, 7) is 4.29. The van der Waals surface area contributed by atoms with E-state index in [1.807, 2.05) is 43.3 Å². The Morgan fingerprint density at radius 2 is 1.96 bits per heavy atom. The first kappa shape index (κ1) is 18.0. The van der Waals surface area contributed by atoms with Crippen molar-refractivity contribution in [1.82, 2.24) is 5.16 Å². The standard InChI is InChI=1S/C20H18ClNO4/c1-3-24-20(23)17-11-19(26-22-17)15-10-16(21)13(2)9-18(15)25-12-14-7-5-4-6-8-14/h4-11H,3,12H2,1-2H3. The first-order valence-corrected chi connectivity index (χ1v) is 8.57. The van der Waals surface area contributed by atoms with Crippen molar-refractivity contribution in [2.45, 2.75) is 20.5 Å². The second-order valence-corrected chi connectivity index (χ2v) is 6.08. The molecule has 0 atom stereocenters. The van der Waals surface area contributed by atoms with Crippen LogP contribution in [0, 0.1) is 6.92 Å². The fourth-order valence-corrected chi connectivity index (χ4v) is 2.57. The molecule has 3 rings (SSSR count). The van der Waals surface area contributed by atoms with Gasteiger partial charge in [0.2, 0.25) is 0 Å². The molecule has 1 heterocycles. The Bertz CT molecular complexity index is 905. The number of ether oxygens (including phenoxy) is 2. The summed E-state index contributed by atoms with van der Waals surface area (Å²) < 4.78 is 16.2. The zero-order valence-corrected chi connectivity index (χ0v) is 15.2. The molecule has 5 nitrogen and oxygen atoms in total. The third kappa shape index (κ3) is 4.06. The lowest BCUT2D eigenvalue weighted by atomic mass is 10.1. The van der Waals surface area contributed by atoms with E-state index >= 15 is 0 Å². The van der Waals surface area contributed by atoms with Crippen molar-refractivity contribution in [2.24, 2.45) is 0 Å². The highest BCUT2D eigenvalue weighted by atomic mass is 35.5. The maximum Gasteiger partial charge on any atom is 0.360 e. The molecule has 0 radical (unpaired) electrons. The summed E-state index contributed by atoms with van der Waals surface area (Å²) in [4.78, 5) is 11.8. The van der Waals surface area contributed by atoms with Crippen LogP contribution in [-0.2, 0) is 11.3 Å². The Morgan fingerprint density at radius 3 is 2.69 bits per heavy atom. The Kier molecular flexibility index (Phi) is 5.58. The molecule has 0 spiro atoms. The maximum atomic E-state index is 11.8. The highest BCUT2D eigenvalue weighted by Gasteiger charge is 2.18. The second-order valence-electron chi connectivity index (χ2n) is 5.67. The third-order valence-corrected chi connectivity index (χ3v) is 4.17. The number of hydrogen-bond donors (Lipinski definition) is 0. The highest BCUT2D eigenvalue weighted by Crippen LogP contribution is 2.35. The van der Waals surface area contributed by atoms with Gasteiger partial charge < -0.3 is 14.0 Å². The molecule has 1 aromatic heterocycles. The van der Waals surface area contributed by atoms with Crippen molar-refractivity contribution in [3.8, 4) is 17.1 Å². The Labute approximate surface area is 156 Å². The van der Waals surface area contributed by atoms with E-state index in [2.05, 4.69) is 5.16 Å². The predicted octanol–water partition coefficient (Wildman–Crippen LogP) is 5.06. The molecule has 0 amide bonds. The summed E-state index contributed by atoms with van der Waals surface area (Å²) in [6.07, 6.45) is 0. The number of carbonyl (C=O) groups is 1. The van der Waals surface area contributed by atoms with Gasteiger partial charge in [-0.05, 0) is 37.1 Å². The molecule has 0 fully saturated rings. The summed E-state index contributed by atoms with van der Waals surface area (Å²) >= 11 is 6.26. The van der Waals surface area contributed by atoms with E-state index in [1.165, 1.54) is 6.07 Å². The SMILES string of the molecule is CCOC(=O)c1cc(-c2cc(Cl)c(C)cc2OCc2ccccc2)on1. The number of benzene rings is 2. The Morgan fingerprint density at radius 1 is 1.19 bits per heavy atom. The van der Waals surface area contributed by atoms with Crippen LogP contribution in [0.4, 0.5) is 0 Å². The van der Waals surface area contributed by atoms with Crippen LogP contribution in [-0.4, -0.2) is 17.7 Å². The number of aromatic nitrogens is 1. The molecular weight excluding hydrogens is 354 g/mol. The molecule has 0 N–H and O–H groups in total. The van der Waals surface area contributed by atoms with Crippen LogP contribution in [0.2, 0.25) is 5.02 Å². The van der Waals surface area contributed by atoms with E-state index in [4.69, 9.17) is 25.6 Å². The van der Waals surface area contributed by atoms with Gasteiger partial charge in [-0.25, -0.2) is 4.79 Å². The number of nitrogens with zero attached hydrogens (tertiary/aromatic N) is 1. The summed E-state index contributed by atoms with van der Waals surface area (Å²) in [6, 6.07) is 14.9. The van der Waals surface area contributed by atoms with Gasteiger partial charge in [0.25, 0.3) is 0 Å². The van der Waals surface area contributed by atoms with E-state index in [1.54, 1.807) is 13.0 Å². The van der Waals surface area contributed by atoms with E-state index in [-0.39, 0.29) is 12.3 Å². The van der Waals surface area contributed by atoms with Crippen LogP contribution in [0.1, 0.15) is 28.5 Å². The summed E-state index contributed by atoms with van der Waals surface area (Å²) in [5.74, 6) is 0.452. The fourth-order valence-electron chi connectivity index (χ4n) is 2.41. The molecular formula is C20H18ClNO4.